The van der Waals surface area contributed by atoms with E-state index in [1.807, 2.05) is 12.1 Å². The Morgan fingerprint density at radius 2 is 1.52 bits per heavy atom. The van der Waals surface area contributed by atoms with Crippen LogP contribution in [0.15, 0.2) is 60.7 Å². The first-order valence-corrected chi connectivity index (χ1v) is 7.58. The van der Waals surface area contributed by atoms with Gasteiger partial charge in [0.15, 0.2) is 0 Å². The third kappa shape index (κ3) is 2.07. The van der Waals surface area contributed by atoms with Crippen molar-refractivity contribution in [3.8, 4) is 22.3 Å². The lowest BCUT2D eigenvalue weighted by Crippen LogP contribution is -1.86. The second kappa shape index (κ2) is 4.75. The zero-order valence-corrected chi connectivity index (χ0v) is 12.6. The van der Waals surface area contributed by atoms with Crippen LogP contribution in [0.1, 0.15) is 16.7 Å². The molecule has 3 aromatic carbocycles. The van der Waals surface area contributed by atoms with Gasteiger partial charge in [-0.15, -0.1) is 0 Å². The minimum absolute atomic E-state index is 0.796. The molecule has 0 fully saturated rings. The lowest BCUT2D eigenvalue weighted by atomic mass is 9.96. The van der Waals surface area contributed by atoms with Crippen LogP contribution in [0, 0.1) is 6.92 Å². The van der Waals surface area contributed by atoms with Gasteiger partial charge in [-0.3, -0.25) is 0 Å². The topological polar surface area (TPSA) is 0 Å². The van der Waals surface area contributed by atoms with E-state index in [9.17, 15) is 0 Å². The van der Waals surface area contributed by atoms with Crippen molar-refractivity contribution in [2.75, 3.05) is 0 Å². The Hall–Kier alpha value is -2.05. The van der Waals surface area contributed by atoms with Gasteiger partial charge in [0.1, 0.15) is 0 Å². The standard InChI is InChI=1S/C20H15Cl/c1-13-10-17(21)7-9-18(13)15-6-8-20-16(12-15)11-14-4-2-3-5-19(14)20/h2-10,12H,11H2,1H3. The Kier molecular flexibility index (Phi) is 2.87. The van der Waals surface area contributed by atoms with Crippen molar-refractivity contribution in [3.05, 3.63) is 82.4 Å². The summed E-state index contributed by atoms with van der Waals surface area (Å²) < 4.78 is 0. The summed E-state index contributed by atoms with van der Waals surface area (Å²) in [7, 11) is 0. The molecule has 102 valence electrons. The molecule has 0 aromatic heterocycles. The van der Waals surface area contributed by atoms with Gasteiger partial charge < -0.3 is 0 Å². The maximum atomic E-state index is 6.06. The second-order valence-corrected chi connectivity index (χ2v) is 6.10. The molecule has 0 heterocycles. The number of hydrogen-bond acceptors (Lipinski definition) is 0. The van der Waals surface area contributed by atoms with Gasteiger partial charge in [0.25, 0.3) is 0 Å². The molecule has 0 unspecified atom stereocenters. The lowest BCUT2D eigenvalue weighted by Gasteiger charge is -2.09. The minimum Gasteiger partial charge on any atom is -0.0843 e. The van der Waals surface area contributed by atoms with Crippen molar-refractivity contribution in [1.82, 2.24) is 0 Å². The van der Waals surface area contributed by atoms with Gasteiger partial charge in [-0.2, -0.15) is 0 Å². The molecule has 0 radical (unpaired) electrons. The second-order valence-electron chi connectivity index (χ2n) is 5.67. The smallest absolute Gasteiger partial charge is 0.0409 e. The Balaban J connectivity index is 1.83. The molecule has 1 aliphatic rings. The SMILES string of the molecule is Cc1cc(Cl)ccc1-c1ccc2c(c1)Cc1ccccc1-2. The van der Waals surface area contributed by atoms with E-state index in [-0.39, 0.29) is 0 Å². The van der Waals surface area contributed by atoms with Crippen molar-refractivity contribution in [2.45, 2.75) is 13.3 Å². The maximum absolute atomic E-state index is 6.06. The number of halogens is 1. The van der Waals surface area contributed by atoms with Gasteiger partial charge >= 0.3 is 0 Å². The predicted octanol–water partition coefficient (Wildman–Crippen LogP) is 5.89. The van der Waals surface area contributed by atoms with Gasteiger partial charge in [-0.05, 0) is 64.4 Å². The molecule has 0 spiro atoms. The molecule has 1 heteroatoms. The molecular weight excluding hydrogens is 276 g/mol. The first kappa shape index (κ1) is 12.7. The highest BCUT2D eigenvalue weighted by Gasteiger charge is 2.18. The van der Waals surface area contributed by atoms with Gasteiger partial charge in [0.05, 0.1) is 0 Å². The van der Waals surface area contributed by atoms with Gasteiger partial charge in [-0.25, -0.2) is 0 Å². The van der Waals surface area contributed by atoms with Crippen LogP contribution in [0.4, 0.5) is 0 Å². The van der Waals surface area contributed by atoms with E-state index < -0.39 is 0 Å². The summed E-state index contributed by atoms with van der Waals surface area (Å²) in [5.41, 5.74) is 9.36. The number of rotatable bonds is 1. The normalized spacial score (nSPS) is 12.1. The molecule has 0 nitrogen and oxygen atoms in total. The molecule has 0 amide bonds. The number of fused-ring (bicyclic) bond motifs is 3. The van der Waals surface area contributed by atoms with Gasteiger partial charge in [0, 0.05) is 5.02 Å². The van der Waals surface area contributed by atoms with Crippen LogP contribution in [0.25, 0.3) is 22.3 Å². The molecule has 21 heavy (non-hydrogen) atoms. The molecule has 0 bridgehead atoms. The van der Waals surface area contributed by atoms with Crippen molar-refractivity contribution in [1.29, 1.82) is 0 Å². The average molecular weight is 291 g/mol. The molecule has 0 saturated heterocycles. The van der Waals surface area contributed by atoms with Crippen molar-refractivity contribution in [2.24, 2.45) is 0 Å². The minimum atomic E-state index is 0.796. The molecular formula is C20H15Cl. The van der Waals surface area contributed by atoms with Crippen LogP contribution >= 0.6 is 11.6 Å². The maximum Gasteiger partial charge on any atom is 0.0409 e. The fraction of sp³-hybridized carbons (Fsp3) is 0.100. The van der Waals surface area contributed by atoms with Gasteiger partial charge in [-0.1, -0.05) is 60.1 Å². The van der Waals surface area contributed by atoms with E-state index in [4.69, 9.17) is 11.6 Å². The molecule has 0 saturated carbocycles. The summed E-state index contributed by atoms with van der Waals surface area (Å²) in [6.45, 7) is 2.11. The summed E-state index contributed by atoms with van der Waals surface area (Å²) in [5, 5.41) is 0.796. The zero-order chi connectivity index (χ0) is 14.4. The fourth-order valence-electron chi connectivity index (χ4n) is 3.26. The number of hydrogen-bond donors (Lipinski definition) is 0. The van der Waals surface area contributed by atoms with Crippen molar-refractivity contribution < 1.29 is 0 Å². The van der Waals surface area contributed by atoms with Crippen LogP contribution in [-0.2, 0) is 6.42 Å². The summed E-state index contributed by atoms with van der Waals surface area (Å²) >= 11 is 6.06. The van der Waals surface area contributed by atoms with E-state index in [0.29, 0.717) is 0 Å². The zero-order valence-electron chi connectivity index (χ0n) is 11.9. The summed E-state index contributed by atoms with van der Waals surface area (Å²) in [4.78, 5) is 0. The Morgan fingerprint density at radius 1 is 0.762 bits per heavy atom. The summed E-state index contributed by atoms with van der Waals surface area (Å²) in [6.07, 6.45) is 1.03. The number of benzene rings is 3. The van der Waals surface area contributed by atoms with Crippen LogP contribution in [0.2, 0.25) is 5.02 Å². The summed E-state index contributed by atoms with van der Waals surface area (Å²) in [5.74, 6) is 0. The van der Waals surface area contributed by atoms with E-state index in [2.05, 4.69) is 55.5 Å². The molecule has 3 aromatic rings. The largest absolute Gasteiger partial charge is 0.0843 e. The molecule has 4 rings (SSSR count). The molecule has 0 aliphatic heterocycles. The fourth-order valence-corrected chi connectivity index (χ4v) is 3.49. The quantitative estimate of drug-likeness (QED) is 0.410. The van der Waals surface area contributed by atoms with Crippen molar-refractivity contribution in [3.63, 3.8) is 0 Å². The molecule has 0 atom stereocenters. The first-order chi connectivity index (χ1) is 10.2. The highest BCUT2D eigenvalue weighted by atomic mass is 35.5. The highest BCUT2D eigenvalue weighted by molar-refractivity contribution is 6.30. The first-order valence-electron chi connectivity index (χ1n) is 7.20. The van der Waals surface area contributed by atoms with Crippen LogP contribution < -0.4 is 0 Å². The lowest BCUT2D eigenvalue weighted by molar-refractivity contribution is 1.26. The molecule has 1 aliphatic carbocycles. The van der Waals surface area contributed by atoms with Crippen LogP contribution in [-0.4, -0.2) is 0 Å². The van der Waals surface area contributed by atoms with E-state index >= 15 is 0 Å². The predicted molar refractivity (Wildman–Crippen MR) is 89.9 cm³/mol. The molecule has 0 N–H and O–H groups in total. The third-order valence-electron chi connectivity index (χ3n) is 4.29. The Bertz CT molecular complexity index is 846. The van der Waals surface area contributed by atoms with Crippen molar-refractivity contribution >= 4 is 11.6 Å². The van der Waals surface area contributed by atoms with E-state index in [1.54, 1.807) is 0 Å². The van der Waals surface area contributed by atoms with E-state index in [0.717, 1.165) is 11.4 Å². The van der Waals surface area contributed by atoms with Gasteiger partial charge in [0.2, 0.25) is 0 Å². The number of aryl methyl sites for hydroxylation is 1. The van der Waals surface area contributed by atoms with Crippen LogP contribution in [0.5, 0.6) is 0 Å². The Labute approximate surface area is 130 Å². The highest BCUT2D eigenvalue weighted by Crippen LogP contribution is 2.39. The van der Waals surface area contributed by atoms with Crippen LogP contribution in [0.3, 0.4) is 0 Å². The summed E-state index contributed by atoms with van der Waals surface area (Å²) in [6, 6.07) is 21.6. The van der Waals surface area contributed by atoms with E-state index in [1.165, 1.54) is 38.9 Å². The Morgan fingerprint density at radius 3 is 2.38 bits per heavy atom. The monoisotopic (exact) mass is 290 g/mol. The average Bonchev–Trinajstić information content (AvgIpc) is 2.84. The third-order valence-corrected chi connectivity index (χ3v) is 4.53.